The number of benzene rings is 2. The Kier molecular flexibility index (Phi) is 6.29. The first-order chi connectivity index (χ1) is 15.7. The molecule has 5 rings (SSSR count). The predicted octanol–water partition coefficient (Wildman–Crippen LogP) is 6.94. The van der Waals surface area contributed by atoms with Crippen molar-refractivity contribution in [2.75, 3.05) is 0 Å². The van der Waals surface area contributed by atoms with Crippen LogP contribution in [0, 0.1) is 5.82 Å². The molecule has 0 spiro atoms. The molecule has 32 heavy (non-hydrogen) atoms. The third-order valence-electron chi connectivity index (χ3n) is 7.45. The van der Waals surface area contributed by atoms with Gasteiger partial charge in [0.25, 0.3) is 5.91 Å². The maximum Gasteiger partial charge on any atom is 0.271 e. The van der Waals surface area contributed by atoms with Crippen molar-refractivity contribution >= 4 is 16.8 Å². The van der Waals surface area contributed by atoms with Crippen LogP contribution in [0.5, 0.6) is 0 Å². The number of nitrogens with zero attached hydrogens (tertiary/aromatic N) is 2. The molecule has 2 aromatic carbocycles. The van der Waals surface area contributed by atoms with E-state index in [1.54, 1.807) is 0 Å². The Hall–Kier alpha value is -2.62. The van der Waals surface area contributed by atoms with Gasteiger partial charge in [-0.1, -0.05) is 68.9 Å². The molecule has 2 aliphatic rings. The van der Waals surface area contributed by atoms with Crippen LogP contribution in [0.25, 0.3) is 10.9 Å². The van der Waals surface area contributed by atoms with E-state index in [2.05, 4.69) is 27.7 Å². The third-order valence-corrected chi connectivity index (χ3v) is 7.45. The van der Waals surface area contributed by atoms with Crippen molar-refractivity contribution in [2.45, 2.75) is 82.8 Å². The molecule has 0 radical (unpaired) electrons. The maximum absolute atomic E-state index is 14.2. The lowest BCUT2D eigenvalue weighted by Gasteiger charge is -2.42. The highest BCUT2D eigenvalue weighted by molar-refractivity contribution is 5.99. The van der Waals surface area contributed by atoms with E-state index >= 15 is 0 Å². The van der Waals surface area contributed by atoms with Crippen molar-refractivity contribution in [1.29, 1.82) is 0 Å². The highest BCUT2D eigenvalue weighted by Gasteiger charge is 2.34. The van der Waals surface area contributed by atoms with E-state index in [1.165, 1.54) is 50.7 Å². The fourth-order valence-electron chi connectivity index (χ4n) is 5.81. The first kappa shape index (κ1) is 21.2. The Balaban J connectivity index is 1.54. The molecule has 0 N–H and O–H groups in total. The van der Waals surface area contributed by atoms with Crippen LogP contribution >= 0.6 is 0 Å². The van der Waals surface area contributed by atoms with Crippen LogP contribution in [0.15, 0.2) is 54.6 Å². The number of carbonyl (C=O) groups is 1. The first-order valence-corrected chi connectivity index (χ1v) is 12.4. The van der Waals surface area contributed by atoms with Gasteiger partial charge in [0.15, 0.2) is 0 Å². The summed E-state index contributed by atoms with van der Waals surface area (Å²) in [6.07, 6.45) is 12.0. The molecule has 1 amide bonds. The number of fused-ring (bicyclic) bond motifs is 1. The summed E-state index contributed by atoms with van der Waals surface area (Å²) in [6, 6.07) is 17.6. The zero-order valence-corrected chi connectivity index (χ0v) is 18.8. The highest BCUT2D eigenvalue weighted by Crippen LogP contribution is 2.33. The number of para-hydroxylation sites is 1. The van der Waals surface area contributed by atoms with Gasteiger partial charge in [-0.25, -0.2) is 4.39 Å². The van der Waals surface area contributed by atoms with Gasteiger partial charge in [0.05, 0.1) is 0 Å². The van der Waals surface area contributed by atoms with Crippen molar-refractivity contribution < 1.29 is 9.18 Å². The van der Waals surface area contributed by atoms with E-state index < -0.39 is 0 Å². The molecule has 0 bridgehead atoms. The van der Waals surface area contributed by atoms with Crippen molar-refractivity contribution in [1.82, 2.24) is 9.47 Å². The Bertz CT molecular complexity index is 1040. The lowest BCUT2D eigenvalue weighted by Crippen LogP contribution is -2.49. The van der Waals surface area contributed by atoms with Gasteiger partial charge in [-0.3, -0.25) is 4.79 Å². The average Bonchev–Trinajstić information content (AvgIpc) is 3.20. The van der Waals surface area contributed by atoms with E-state index in [0.717, 1.165) is 47.8 Å². The van der Waals surface area contributed by atoms with Crippen LogP contribution in [0.2, 0.25) is 0 Å². The molecule has 0 saturated heterocycles. The molecule has 2 fully saturated rings. The fraction of sp³-hybridized carbons (Fsp3) is 0.464. The molecule has 168 valence electrons. The van der Waals surface area contributed by atoms with E-state index in [9.17, 15) is 9.18 Å². The summed E-state index contributed by atoms with van der Waals surface area (Å²) >= 11 is 0. The third kappa shape index (κ3) is 4.32. The van der Waals surface area contributed by atoms with Gasteiger partial charge >= 0.3 is 0 Å². The van der Waals surface area contributed by atoms with Crippen molar-refractivity contribution in [3.63, 3.8) is 0 Å². The largest absolute Gasteiger partial charge is 0.332 e. The lowest BCUT2D eigenvalue weighted by molar-refractivity contribution is 0.0438. The zero-order valence-electron chi connectivity index (χ0n) is 18.8. The van der Waals surface area contributed by atoms with Gasteiger partial charge < -0.3 is 9.47 Å². The van der Waals surface area contributed by atoms with Crippen molar-refractivity contribution in [3.05, 3.63) is 71.7 Å². The highest BCUT2D eigenvalue weighted by atomic mass is 19.1. The van der Waals surface area contributed by atoms with Gasteiger partial charge in [0.2, 0.25) is 0 Å². The molecule has 0 atom stereocenters. The van der Waals surface area contributed by atoms with E-state index in [-0.39, 0.29) is 11.7 Å². The number of halogens is 1. The van der Waals surface area contributed by atoms with Crippen molar-refractivity contribution in [2.24, 2.45) is 0 Å². The van der Waals surface area contributed by atoms with Crippen LogP contribution in [0.3, 0.4) is 0 Å². The SMILES string of the molecule is O=C(c1cc2ccccc2n1Cc1ccc(F)cc1)N(C1CCCCC1)C1CCCCC1. The topological polar surface area (TPSA) is 25.2 Å². The fourth-order valence-corrected chi connectivity index (χ4v) is 5.81. The van der Waals surface area contributed by atoms with Crippen molar-refractivity contribution in [3.8, 4) is 0 Å². The normalized spacial score (nSPS) is 18.2. The number of hydrogen-bond donors (Lipinski definition) is 0. The molecule has 0 aliphatic heterocycles. The first-order valence-electron chi connectivity index (χ1n) is 12.4. The summed E-state index contributed by atoms with van der Waals surface area (Å²) in [5.41, 5.74) is 2.84. The Labute approximate surface area is 190 Å². The van der Waals surface area contributed by atoms with E-state index in [1.807, 2.05) is 24.3 Å². The van der Waals surface area contributed by atoms with Crippen LogP contribution in [0.1, 0.15) is 80.3 Å². The van der Waals surface area contributed by atoms with Crippen LogP contribution in [0.4, 0.5) is 4.39 Å². The molecule has 3 nitrogen and oxygen atoms in total. The summed E-state index contributed by atoms with van der Waals surface area (Å²) < 4.78 is 15.6. The Morgan fingerprint density at radius 3 is 2.06 bits per heavy atom. The Morgan fingerprint density at radius 2 is 1.44 bits per heavy atom. The van der Waals surface area contributed by atoms with E-state index in [0.29, 0.717) is 18.6 Å². The van der Waals surface area contributed by atoms with Gasteiger partial charge in [-0.05, 0) is 55.5 Å². The number of rotatable bonds is 5. The molecule has 2 saturated carbocycles. The molecule has 2 aliphatic carbocycles. The van der Waals surface area contributed by atoms with Crippen LogP contribution in [-0.4, -0.2) is 27.5 Å². The zero-order chi connectivity index (χ0) is 21.9. The molecule has 1 aromatic heterocycles. The molecule has 4 heteroatoms. The summed E-state index contributed by atoms with van der Waals surface area (Å²) in [5, 5.41) is 1.09. The number of aromatic nitrogens is 1. The summed E-state index contributed by atoms with van der Waals surface area (Å²) in [5.74, 6) is -0.0507. The smallest absolute Gasteiger partial charge is 0.271 e. The lowest BCUT2D eigenvalue weighted by atomic mass is 9.88. The Morgan fingerprint density at radius 1 is 0.844 bits per heavy atom. The minimum absolute atomic E-state index is 0.183. The quantitative estimate of drug-likeness (QED) is 0.429. The second-order valence-corrected chi connectivity index (χ2v) is 9.60. The van der Waals surface area contributed by atoms with E-state index in [4.69, 9.17) is 0 Å². The molecular formula is C28H33FN2O. The van der Waals surface area contributed by atoms with Crippen LogP contribution in [-0.2, 0) is 6.54 Å². The van der Waals surface area contributed by atoms with Crippen LogP contribution < -0.4 is 0 Å². The molecule has 1 heterocycles. The van der Waals surface area contributed by atoms with Gasteiger partial charge in [-0.15, -0.1) is 0 Å². The average molecular weight is 433 g/mol. The molecule has 3 aromatic rings. The number of amides is 1. The van der Waals surface area contributed by atoms with Gasteiger partial charge in [0, 0.05) is 29.5 Å². The maximum atomic E-state index is 14.2. The summed E-state index contributed by atoms with van der Waals surface area (Å²) in [4.78, 5) is 16.5. The molecular weight excluding hydrogens is 399 g/mol. The van der Waals surface area contributed by atoms with Gasteiger partial charge in [-0.2, -0.15) is 0 Å². The predicted molar refractivity (Wildman–Crippen MR) is 127 cm³/mol. The van der Waals surface area contributed by atoms with Gasteiger partial charge in [0.1, 0.15) is 11.5 Å². The second kappa shape index (κ2) is 9.48. The summed E-state index contributed by atoms with van der Waals surface area (Å²) in [6.45, 7) is 0.567. The number of carbonyl (C=O) groups excluding carboxylic acids is 1. The monoisotopic (exact) mass is 432 g/mol. The minimum Gasteiger partial charge on any atom is -0.332 e. The summed E-state index contributed by atoms with van der Waals surface area (Å²) in [7, 11) is 0. The standard InChI is InChI=1S/C28H33FN2O/c29-23-17-15-21(16-18-23)20-30-26-14-8-7-9-22(26)19-27(30)28(32)31(24-10-3-1-4-11-24)25-12-5-2-6-13-25/h7-9,14-19,24-25H,1-6,10-13,20H2. The number of hydrogen-bond acceptors (Lipinski definition) is 1. The second-order valence-electron chi connectivity index (χ2n) is 9.60. The minimum atomic E-state index is -0.233. The molecule has 0 unspecified atom stereocenters.